The highest BCUT2D eigenvalue weighted by Gasteiger charge is 2.27. The van der Waals surface area contributed by atoms with Gasteiger partial charge in [0, 0.05) is 12.7 Å². The summed E-state index contributed by atoms with van der Waals surface area (Å²) in [6.07, 6.45) is 2.18. The zero-order chi connectivity index (χ0) is 11.8. The van der Waals surface area contributed by atoms with Crippen molar-refractivity contribution in [3.8, 4) is 5.88 Å². The molecule has 0 spiro atoms. The molecule has 5 nitrogen and oxygen atoms in total. The first-order valence-electron chi connectivity index (χ1n) is 5.16. The molecule has 16 heavy (non-hydrogen) atoms. The Labute approximate surface area is 94.9 Å². The molecule has 0 unspecified atom stereocenters. The fourth-order valence-electron chi connectivity index (χ4n) is 1.52. The summed E-state index contributed by atoms with van der Waals surface area (Å²) in [4.78, 5) is 4.16. The van der Waals surface area contributed by atoms with Crippen LogP contribution in [0.4, 0.5) is 0 Å². The van der Waals surface area contributed by atoms with Gasteiger partial charge in [-0.15, -0.1) is 0 Å². The number of ether oxygens (including phenoxy) is 1. The molecular weight excluding hydrogens is 228 g/mol. The van der Waals surface area contributed by atoms with E-state index in [2.05, 4.69) is 9.71 Å². The van der Waals surface area contributed by atoms with E-state index in [4.69, 9.17) is 4.74 Å². The van der Waals surface area contributed by atoms with E-state index in [1.807, 2.05) is 6.92 Å². The Kier molecular flexibility index (Phi) is 2.86. The van der Waals surface area contributed by atoms with Crippen LogP contribution in [0.5, 0.6) is 5.88 Å². The minimum Gasteiger partial charge on any atom is -0.472 e. The first-order valence-corrected chi connectivity index (χ1v) is 6.64. The van der Waals surface area contributed by atoms with Gasteiger partial charge in [0.15, 0.2) is 0 Å². The molecular formula is C10H14N2O3S. The zero-order valence-corrected chi connectivity index (χ0v) is 10.0. The van der Waals surface area contributed by atoms with Gasteiger partial charge in [-0.25, -0.2) is 18.1 Å². The van der Waals surface area contributed by atoms with Crippen molar-refractivity contribution in [3.05, 3.63) is 17.8 Å². The van der Waals surface area contributed by atoms with Crippen LogP contribution in [0.1, 0.15) is 18.9 Å². The van der Waals surface area contributed by atoms with E-state index in [1.54, 1.807) is 19.2 Å². The van der Waals surface area contributed by atoms with Gasteiger partial charge >= 0.3 is 0 Å². The lowest BCUT2D eigenvalue weighted by atomic mass is 10.3. The predicted molar refractivity (Wildman–Crippen MR) is 58.9 cm³/mol. The molecule has 1 aromatic rings. The lowest BCUT2D eigenvalue weighted by Gasteiger charge is -2.12. The second kappa shape index (κ2) is 4.03. The van der Waals surface area contributed by atoms with Crippen LogP contribution in [0, 0.1) is 6.92 Å². The van der Waals surface area contributed by atoms with Crippen LogP contribution in [0.25, 0.3) is 0 Å². The van der Waals surface area contributed by atoms with Gasteiger partial charge in [0.1, 0.15) is 11.0 Å². The number of nitrogens with one attached hydrogen (secondary N) is 1. The number of rotatable bonds is 1. The van der Waals surface area contributed by atoms with Crippen LogP contribution in [-0.4, -0.2) is 26.1 Å². The molecule has 0 amide bonds. The van der Waals surface area contributed by atoms with Crippen molar-refractivity contribution in [2.24, 2.45) is 0 Å². The Morgan fingerprint density at radius 1 is 1.62 bits per heavy atom. The van der Waals surface area contributed by atoms with Crippen molar-refractivity contribution in [1.29, 1.82) is 0 Å². The van der Waals surface area contributed by atoms with Gasteiger partial charge in [-0.1, -0.05) is 6.92 Å². The molecule has 0 saturated heterocycles. The Bertz CT molecular complexity index is 499. The van der Waals surface area contributed by atoms with Crippen molar-refractivity contribution >= 4 is 10.0 Å². The summed E-state index contributed by atoms with van der Waals surface area (Å²) < 4.78 is 31.8. The molecule has 2 heterocycles. The maximum Gasteiger partial charge on any atom is 0.246 e. The molecule has 0 aliphatic carbocycles. The number of pyridine rings is 1. The summed E-state index contributed by atoms with van der Waals surface area (Å²) in [5, 5.41) is 0. The summed E-state index contributed by atoms with van der Waals surface area (Å²) in [7, 11) is -3.48. The molecule has 0 fully saturated rings. The maximum absolute atomic E-state index is 11.9. The molecule has 0 saturated carbocycles. The van der Waals surface area contributed by atoms with Gasteiger partial charge in [-0.3, -0.25) is 0 Å². The van der Waals surface area contributed by atoms with Gasteiger partial charge in [-0.2, -0.15) is 0 Å². The first-order chi connectivity index (χ1) is 7.53. The number of nitrogens with zero attached hydrogens (tertiary/aromatic N) is 1. The Morgan fingerprint density at radius 3 is 3.06 bits per heavy atom. The SMILES string of the molecule is CC[C@@H]1CNS(=O)(=O)c2cc(C)cnc2O1. The average molecular weight is 242 g/mol. The molecule has 1 N–H and O–H groups in total. The van der Waals surface area contributed by atoms with Gasteiger partial charge in [0.05, 0.1) is 0 Å². The third-order valence-electron chi connectivity index (χ3n) is 2.48. The van der Waals surface area contributed by atoms with Crippen LogP contribution in [-0.2, 0) is 10.0 Å². The van der Waals surface area contributed by atoms with Gasteiger partial charge in [0.25, 0.3) is 0 Å². The largest absolute Gasteiger partial charge is 0.472 e. The van der Waals surface area contributed by atoms with Crippen molar-refractivity contribution < 1.29 is 13.2 Å². The number of aromatic nitrogens is 1. The highest BCUT2D eigenvalue weighted by Crippen LogP contribution is 2.25. The fraction of sp³-hybridized carbons (Fsp3) is 0.500. The van der Waals surface area contributed by atoms with E-state index in [-0.39, 0.29) is 23.4 Å². The van der Waals surface area contributed by atoms with Gasteiger partial charge < -0.3 is 4.74 Å². The molecule has 1 aliphatic rings. The minimum absolute atomic E-state index is 0.128. The maximum atomic E-state index is 11.9. The topological polar surface area (TPSA) is 68.3 Å². The highest BCUT2D eigenvalue weighted by atomic mass is 32.2. The molecule has 2 rings (SSSR count). The van der Waals surface area contributed by atoms with E-state index in [9.17, 15) is 8.42 Å². The molecule has 0 radical (unpaired) electrons. The molecule has 1 atom stereocenters. The normalized spacial score (nSPS) is 23.0. The van der Waals surface area contributed by atoms with E-state index < -0.39 is 10.0 Å². The van der Waals surface area contributed by atoms with Crippen molar-refractivity contribution in [2.45, 2.75) is 31.3 Å². The average Bonchev–Trinajstić information content (AvgIpc) is 2.37. The lowest BCUT2D eigenvalue weighted by molar-refractivity contribution is 0.191. The molecule has 0 bridgehead atoms. The van der Waals surface area contributed by atoms with Crippen LogP contribution in [0.15, 0.2) is 17.2 Å². The molecule has 6 heteroatoms. The van der Waals surface area contributed by atoms with E-state index in [0.29, 0.717) is 0 Å². The molecule has 88 valence electrons. The summed E-state index contributed by atoms with van der Waals surface area (Å²) in [5.74, 6) is 0.197. The van der Waals surface area contributed by atoms with Crippen LogP contribution >= 0.6 is 0 Å². The molecule has 1 aromatic heterocycles. The Balaban J connectivity index is 2.54. The number of sulfonamides is 1. The van der Waals surface area contributed by atoms with Crippen molar-refractivity contribution in [2.75, 3.05) is 6.54 Å². The predicted octanol–water partition coefficient (Wildman–Crippen LogP) is 0.839. The van der Waals surface area contributed by atoms with Crippen LogP contribution < -0.4 is 9.46 Å². The Morgan fingerprint density at radius 2 is 2.38 bits per heavy atom. The van der Waals surface area contributed by atoms with Crippen molar-refractivity contribution in [1.82, 2.24) is 9.71 Å². The van der Waals surface area contributed by atoms with E-state index >= 15 is 0 Å². The number of hydrogen-bond acceptors (Lipinski definition) is 4. The number of fused-ring (bicyclic) bond motifs is 1. The van der Waals surface area contributed by atoms with Crippen LogP contribution in [0.3, 0.4) is 0 Å². The second-order valence-electron chi connectivity index (χ2n) is 3.82. The quantitative estimate of drug-likeness (QED) is 0.792. The lowest BCUT2D eigenvalue weighted by Crippen LogP contribution is -2.31. The molecule has 1 aliphatic heterocycles. The number of hydrogen-bond donors (Lipinski definition) is 1. The Hall–Kier alpha value is -1.14. The highest BCUT2D eigenvalue weighted by molar-refractivity contribution is 7.89. The summed E-state index contributed by atoms with van der Waals surface area (Å²) in [5.41, 5.74) is 0.794. The third kappa shape index (κ3) is 2.03. The monoisotopic (exact) mass is 242 g/mol. The smallest absolute Gasteiger partial charge is 0.246 e. The number of aryl methyl sites for hydroxylation is 1. The van der Waals surface area contributed by atoms with Crippen LogP contribution in [0.2, 0.25) is 0 Å². The minimum atomic E-state index is -3.48. The fourth-order valence-corrected chi connectivity index (χ4v) is 2.75. The second-order valence-corrected chi connectivity index (χ2v) is 5.55. The molecule has 0 aromatic carbocycles. The van der Waals surface area contributed by atoms with Gasteiger partial charge in [-0.05, 0) is 25.0 Å². The zero-order valence-electron chi connectivity index (χ0n) is 9.23. The first kappa shape index (κ1) is 11.3. The summed E-state index contributed by atoms with van der Waals surface area (Å²) >= 11 is 0. The summed E-state index contributed by atoms with van der Waals surface area (Å²) in [6.45, 7) is 4.03. The van der Waals surface area contributed by atoms with E-state index in [1.165, 1.54) is 0 Å². The summed E-state index contributed by atoms with van der Waals surface area (Å²) in [6, 6.07) is 1.57. The van der Waals surface area contributed by atoms with Crippen molar-refractivity contribution in [3.63, 3.8) is 0 Å². The van der Waals surface area contributed by atoms with Gasteiger partial charge in [0.2, 0.25) is 15.9 Å². The van der Waals surface area contributed by atoms with E-state index in [0.717, 1.165) is 12.0 Å². The standard InChI is InChI=1S/C10H14N2O3S/c1-3-8-6-12-16(13,14)9-4-7(2)5-11-10(9)15-8/h4-5,8,12H,3,6H2,1-2H3/t8-/m1/s1. The third-order valence-corrected chi connectivity index (χ3v) is 3.90.